The number of nitrogens with one attached hydrogen (secondary N) is 1. The monoisotopic (exact) mass is 376 g/mol. The summed E-state index contributed by atoms with van der Waals surface area (Å²) in [5.41, 5.74) is 1.84. The number of rotatable bonds is 5. The molecule has 7 nitrogen and oxygen atoms in total. The van der Waals surface area contributed by atoms with Gasteiger partial charge in [-0.3, -0.25) is 14.2 Å². The third kappa shape index (κ3) is 3.67. The average molecular weight is 376 g/mol. The zero-order valence-electron chi connectivity index (χ0n) is 15.9. The van der Waals surface area contributed by atoms with Crippen LogP contribution in [0, 0.1) is 18.3 Å². The Hall–Kier alpha value is -3.79. The first-order chi connectivity index (χ1) is 13.4. The van der Waals surface area contributed by atoms with Gasteiger partial charge in [0.05, 0.1) is 0 Å². The third-order valence-corrected chi connectivity index (χ3v) is 4.30. The van der Waals surface area contributed by atoms with Crippen LogP contribution in [0.3, 0.4) is 0 Å². The molecule has 2 aromatic heterocycles. The second-order valence-electron chi connectivity index (χ2n) is 6.49. The number of benzene rings is 1. The van der Waals surface area contributed by atoms with Gasteiger partial charge in [-0.25, -0.2) is 0 Å². The van der Waals surface area contributed by atoms with Crippen LogP contribution in [-0.4, -0.2) is 35.4 Å². The van der Waals surface area contributed by atoms with Crippen LogP contribution in [0.5, 0.6) is 0 Å². The largest absolute Gasteiger partial charge is 0.443 e. The lowest BCUT2D eigenvalue weighted by atomic mass is 10.1. The molecule has 0 saturated carbocycles. The summed E-state index contributed by atoms with van der Waals surface area (Å²) in [7, 11) is 3.39. The highest BCUT2D eigenvalue weighted by Gasteiger charge is 2.24. The summed E-state index contributed by atoms with van der Waals surface area (Å²) in [5, 5.41) is 12.3. The molecule has 2 amide bonds. The van der Waals surface area contributed by atoms with Crippen LogP contribution in [0.15, 0.2) is 53.2 Å². The van der Waals surface area contributed by atoms with E-state index in [0.29, 0.717) is 17.2 Å². The second-order valence-corrected chi connectivity index (χ2v) is 6.49. The number of aromatic nitrogens is 1. The molecule has 0 unspecified atom stereocenters. The Bertz CT molecular complexity index is 1040. The van der Waals surface area contributed by atoms with Crippen LogP contribution in [0.4, 0.5) is 0 Å². The maximum Gasteiger partial charge on any atom is 0.256 e. The van der Waals surface area contributed by atoms with Gasteiger partial charge in [-0.05, 0) is 36.8 Å². The molecule has 0 spiro atoms. The molecule has 3 aromatic rings. The van der Waals surface area contributed by atoms with Gasteiger partial charge in [-0.15, -0.1) is 0 Å². The number of nitrogens with zero attached hydrogens (tertiary/aromatic N) is 3. The van der Waals surface area contributed by atoms with E-state index in [2.05, 4.69) is 11.4 Å². The minimum absolute atomic E-state index is 0.0826. The van der Waals surface area contributed by atoms with Crippen LogP contribution in [0.1, 0.15) is 37.6 Å². The molecule has 2 heterocycles. The number of amides is 2. The Kier molecular flexibility index (Phi) is 5.32. The van der Waals surface area contributed by atoms with Crippen molar-refractivity contribution in [2.45, 2.75) is 13.5 Å². The summed E-state index contributed by atoms with van der Waals surface area (Å²) in [6, 6.07) is 12.7. The predicted molar refractivity (Wildman–Crippen MR) is 103 cm³/mol. The zero-order valence-corrected chi connectivity index (χ0v) is 15.9. The van der Waals surface area contributed by atoms with Gasteiger partial charge in [-0.2, -0.15) is 5.26 Å². The van der Waals surface area contributed by atoms with Crippen molar-refractivity contribution < 1.29 is 14.0 Å². The number of nitriles is 1. The first-order valence-corrected chi connectivity index (χ1v) is 8.68. The molecule has 1 N–H and O–H groups in total. The van der Waals surface area contributed by atoms with E-state index in [1.165, 1.54) is 4.90 Å². The van der Waals surface area contributed by atoms with Crippen molar-refractivity contribution in [2.75, 3.05) is 14.1 Å². The van der Waals surface area contributed by atoms with E-state index in [-0.39, 0.29) is 29.5 Å². The molecule has 7 heteroatoms. The van der Waals surface area contributed by atoms with Gasteiger partial charge >= 0.3 is 0 Å². The normalized spacial score (nSPS) is 10.4. The molecule has 0 radical (unpaired) electrons. The molecule has 0 aliphatic rings. The first-order valence-electron chi connectivity index (χ1n) is 8.68. The number of carbonyl (C=O) groups is 2. The van der Waals surface area contributed by atoms with Gasteiger partial charge < -0.3 is 14.6 Å². The molecule has 0 atom stereocenters. The van der Waals surface area contributed by atoms with E-state index in [4.69, 9.17) is 4.42 Å². The Labute approximate surface area is 162 Å². The molecule has 0 aliphatic carbocycles. The first kappa shape index (κ1) is 19.0. The smallest absolute Gasteiger partial charge is 0.256 e. The Morgan fingerprint density at radius 2 is 1.82 bits per heavy atom. The summed E-state index contributed by atoms with van der Waals surface area (Å²) in [5.74, 6) is 0.233. The quantitative estimate of drug-likeness (QED) is 0.741. The second kappa shape index (κ2) is 7.84. The highest BCUT2D eigenvalue weighted by Crippen LogP contribution is 2.25. The summed E-state index contributed by atoms with van der Waals surface area (Å²) >= 11 is 0. The molecular weight excluding hydrogens is 356 g/mol. The highest BCUT2D eigenvalue weighted by atomic mass is 16.4. The highest BCUT2D eigenvalue weighted by molar-refractivity contribution is 5.98. The van der Waals surface area contributed by atoms with E-state index in [1.54, 1.807) is 62.2 Å². The lowest BCUT2D eigenvalue weighted by Gasteiger charge is -2.11. The maximum absolute atomic E-state index is 12.7. The molecular formula is C21H20N4O3. The Morgan fingerprint density at radius 3 is 2.39 bits per heavy atom. The van der Waals surface area contributed by atoms with Gasteiger partial charge in [0.2, 0.25) is 5.88 Å². The number of aryl methyl sites for hydroxylation is 1. The van der Waals surface area contributed by atoms with Crippen molar-refractivity contribution in [1.29, 1.82) is 5.26 Å². The molecule has 1 aromatic carbocycles. The van der Waals surface area contributed by atoms with Gasteiger partial charge in [0.1, 0.15) is 23.0 Å². The van der Waals surface area contributed by atoms with Crippen molar-refractivity contribution in [2.24, 2.45) is 0 Å². The molecule has 3 rings (SSSR count). The van der Waals surface area contributed by atoms with Crippen LogP contribution < -0.4 is 5.32 Å². The summed E-state index contributed by atoms with van der Waals surface area (Å²) in [4.78, 5) is 26.1. The number of hydrogen-bond acceptors (Lipinski definition) is 4. The fourth-order valence-corrected chi connectivity index (χ4v) is 2.85. The van der Waals surface area contributed by atoms with Crippen LogP contribution >= 0.6 is 0 Å². The van der Waals surface area contributed by atoms with Crippen molar-refractivity contribution in [3.05, 3.63) is 76.8 Å². The molecule has 0 aliphatic heterocycles. The minimum atomic E-state index is -0.385. The molecule has 0 saturated heterocycles. The molecule has 142 valence electrons. The standard InChI is InChI=1S/C21H20N4O3/c1-14-18(17(12-22)21(28-14)25-10-4-5-11-25)19(26)23-13-15-6-8-16(9-7-15)20(27)24(2)3/h4-11H,13H2,1-3H3,(H,23,26). The molecule has 28 heavy (non-hydrogen) atoms. The van der Waals surface area contributed by atoms with Crippen LogP contribution in [-0.2, 0) is 6.54 Å². The number of hydrogen-bond donors (Lipinski definition) is 1. The molecule has 0 fully saturated rings. The third-order valence-electron chi connectivity index (χ3n) is 4.30. The van der Waals surface area contributed by atoms with Gasteiger partial charge in [0.25, 0.3) is 11.8 Å². The molecule has 0 bridgehead atoms. The van der Waals surface area contributed by atoms with E-state index < -0.39 is 0 Å². The van der Waals surface area contributed by atoms with Crippen molar-refractivity contribution in [1.82, 2.24) is 14.8 Å². The maximum atomic E-state index is 12.7. The Morgan fingerprint density at radius 1 is 1.18 bits per heavy atom. The summed E-state index contributed by atoms with van der Waals surface area (Å²) < 4.78 is 7.31. The van der Waals surface area contributed by atoms with Crippen LogP contribution in [0.25, 0.3) is 5.88 Å². The van der Waals surface area contributed by atoms with Gasteiger partial charge in [0.15, 0.2) is 0 Å². The lowest BCUT2D eigenvalue weighted by molar-refractivity contribution is 0.0827. The number of carbonyl (C=O) groups excluding carboxylic acids is 2. The lowest BCUT2D eigenvalue weighted by Crippen LogP contribution is -2.24. The van der Waals surface area contributed by atoms with Gasteiger partial charge in [-0.1, -0.05) is 12.1 Å². The SMILES string of the molecule is Cc1oc(-n2cccc2)c(C#N)c1C(=O)NCc1ccc(C(=O)N(C)C)cc1. The van der Waals surface area contributed by atoms with Crippen molar-refractivity contribution in [3.8, 4) is 12.0 Å². The van der Waals surface area contributed by atoms with Crippen molar-refractivity contribution >= 4 is 11.8 Å². The van der Waals surface area contributed by atoms with Crippen molar-refractivity contribution in [3.63, 3.8) is 0 Å². The van der Waals surface area contributed by atoms with E-state index in [1.807, 2.05) is 12.1 Å². The minimum Gasteiger partial charge on any atom is -0.443 e. The van der Waals surface area contributed by atoms with Crippen LogP contribution in [0.2, 0.25) is 0 Å². The number of furan rings is 1. The van der Waals surface area contributed by atoms with E-state index >= 15 is 0 Å². The van der Waals surface area contributed by atoms with Gasteiger partial charge in [0, 0.05) is 38.6 Å². The fraction of sp³-hybridized carbons (Fsp3) is 0.190. The summed E-state index contributed by atoms with van der Waals surface area (Å²) in [6.07, 6.45) is 3.49. The van der Waals surface area contributed by atoms with E-state index in [9.17, 15) is 14.9 Å². The van der Waals surface area contributed by atoms with E-state index in [0.717, 1.165) is 5.56 Å². The zero-order chi connectivity index (χ0) is 20.3. The predicted octanol–water partition coefficient (Wildman–Crippen LogP) is 2.88. The average Bonchev–Trinajstić information content (AvgIpc) is 3.33. The summed E-state index contributed by atoms with van der Waals surface area (Å²) in [6.45, 7) is 1.92. The Balaban J connectivity index is 1.76. The fourth-order valence-electron chi connectivity index (χ4n) is 2.85. The topological polar surface area (TPSA) is 91.3 Å².